The Kier molecular flexibility index (Phi) is 5.94. The highest BCUT2D eigenvalue weighted by Gasteiger charge is 2.58. The monoisotopic (exact) mass is 477 g/mol. The SMILES string of the molecule is Cc1cncc(C(=O)CC23CC4CC(C2)CC(NC(=O)c2cccc(OCC(C)(C)O)c2)(C4)C3)n1. The summed E-state index contributed by atoms with van der Waals surface area (Å²) < 4.78 is 5.69. The summed E-state index contributed by atoms with van der Waals surface area (Å²) >= 11 is 0. The van der Waals surface area contributed by atoms with Crippen molar-refractivity contribution in [1.29, 1.82) is 0 Å². The lowest BCUT2D eigenvalue weighted by Gasteiger charge is -2.62. The van der Waals surface area contributed by atoms with Crippen LogP contribution in [-0.2, 0) is 0 Å². The minimum absolute atomic E-state index is 0.0567. The number of ketones is 1. The van der Waals surface area contributed by atoms with Gasteiger partial charge in [-0.25, -0.2) is 4.98 Å². The molecule has 2 unspecified atom stereocenters. The third-order valence-corrected chi connectivity index (χ3v) is 7.83. The van der Waals surface area contributed by atoms with E-state index in [0.717, 1.165) is 37.8 Å². The molecule has 2 aromatic rings. The molecule has 1 heterocycles. The lowest BCUT2D eigenvalue weighted by Crippen LogP contribution is -2.63. The highest BCUT2D eigenvalue weighted by atomic mass is 16.5. The van der Waals surface area contributed by atoms with Crippen LogP contribution in [0.3, 0.4) is 0 Å². The maximum absolute atomic E-state index is 13.4. The van der Waals surface area contributed by atoms with Gasteiger partial charge in [0.2, 0.25) is 0 Å². The summed E-state index contributed by atoms with van der Waals surface area (Å²) in [7, 11) is 0. The molecule has 4 aliphatic carbocycles. The van der Waals surface area contributed by atoms with Crippen molar-refractivity contribution in [1.82, 2.24) is 15.3 Å². The van der Waals surface area contributed by atoms with E-state index in [9.17, 15) is 14.7 Å². The van der Waals surface area contributed by atoms with Crippen molar-refractivity contribution < 1.29 is 19.4 Å². The molecular formula is C28H35N3O4. The van der Waals surface area contributed by atoms with E-state index in [0.29, 0.717) is 35.3 Å². The molecule has 7 nitrogen and oxygen atoms in total. The summed E-state index contributed by atoms with van der Waals surface area (Å²) in [6, 6.07) is 7.12. The number of carbonyl (C=O) groups excluding carboxylic acids is 2. The number of aromatic nitrogens is 2. The lowest BCUT2D eigenvalue weighted by atomic mass is 9.46. The van der Waals surface area contributed by atoms with Crippen LogP contribution in [0.15, 0.2) is 36.7 Å². The summed E-state index contributed by atoms with van der Waals surface area (Å²) in [6.45, 7) is 5.36. The summed E-state index contributed by atoms with van der Waals surface area (Å²) in [4.78, 5) is 35.1. The lowest BCUT2D eigenvalue weighted by molar-refractivity contribution is -0.0771. The Labute approximate surface area is 206 Å². The number of aliphatic hydroxyl groups is 1. The standard InChI is InChI=1S/C28H35N3O4/c1-18-14-29-15-23(30-18)24(32)13-27-9-19-7-20(10-27)12-28(11-19,16-27)31-25(33)21-5-4-6-22(8-21)35-17-26(2,3)34/h4-6,8,14-15,19-20,34H,7,9-13,16-17H2,1-3H3,(H,31,33). The van der Waals surface area contributed by atoms with Crippen LogP contribution in [0.4, 0.5) is 0 Å². The summed E-state index contributed by atoms with van der Waals surface area (Å²) in [5, 5.41) is 13.3. The minimum atomic E-state index is -0.951. The Morgan fingerprint density at radius 2 is 1.91 bits per heavy atom. The molecule has 0 aliphatic heterocycles. The number of amides is 1. The number of carbonyl (C=O) groups is 2. The quantitative estimate of drug-likeness (QED) is 0.551. The van der Waals surface area contributed by atoms with E-state index in [2.05, 4.69) is 15.3 Å². The second-order valence-electron chi connectivity index (χ2n) is 12.0. The van der Waals surface area contributed by atoms with Crippen LogP contribution in [0.1, 0.15) is 85.3 Å². The largest absolute Gasteiger partial charge is 0.491 e. The average Bonchev–Trinajstić information content (AvgIpc) is 2.76. The molecule has 1 amide bonds. The summed E-state index contributed by atoms with van der Waals surface area (Å²) in [5.41, 5.74) is 0.434. The zero-order chi connectivity index (χ0) is 24.8. The molecule has 4 saturated carbocycles. The van der Waals surface area contributed by atoms with E-state index in [1.165, 1.54) is 6.42 Å². The van der Waals surface area contributed by atoms with Crippen molar-refractivity contribution in [2.75, 3.05) is 6.61 Å². The smallest absolute Gasteiger partial charge is 0.251 e. The van der Waals surface area contributed by atoms with Crippen LogP contribution in [0.2, 0.25) is 0 Å². The van der Waals surface area contributed by atoms with Crippen molar-refractivity contribution in [3.63, 3.8) is 0 Å². The Balaban J connectivity index is 1.32. The van der Waals surface area contributed by atoms with Gasteiger partial charge in [0.1, 0.15) is 18.1 Å². The van der Waals surface area contributed by atoms with Gasteiger partial charge >= 0.3 is 0 Å². The van der Waals surface area contributed by atoms with Crippen molar-refractivity contribution in [2.45, 2.75) is 76.9 Å². The third kappa shape index (κ3) is 5.25. The van der Waals surface area contributed by atoms with Crippen molar-refractivity contribution >= 4 is 11.7 Å². The molecule has 35 heavy (non-hydrogen) atoms. The van der Waals surface area contributed by atoms with Gasteiger partial charge in [-0.05, 0) is 94.7 Å². The Hall–Kier alpha value is -2.80. The average molecular weight is 478 g/mol. The van der Waals surface area contributed by atoms with Crippen LogP contribution in [0, 0.1) is 24.2 Å². The van der Waals surface area contributed by atoms with Gasteiger partial charge in [-0.15, -0.1) is 0 Å². The molecule has 1 aromatic heterocycles. The molecule has 2 N–H and O–H groups in total. The molecular weight excluding hydrogens is 442 g/mol. The van der Waals surface area contributed by atoms with Gasteiger partial charge in [-0.2, -0.15) is 0 Å². The molecule has 4 aliphatic rings. The van der Waals surface area contributed by atoms with Crippen molar-refractivity contribution in [3.05, 3.63) is 53.6 Å². The molecule has 7 heteroatoms. The number of ether oxygens (including phenoxy) is 1. The predicted molar refractivity (Wildman–Crippen MR) is 131 cm³/mol. The van der Waals surface area contributed by atoms with Gasteiger partial charge in [-0.3, -0.25) is 14.6 Å². The second kappa shape index (κ2) is 8.70. The summed E-state index contributed by atoms with van der Waals surface area (Å²) in [6.07, 6.45) is 9.78. The first-order valence-corrected chi connectivity index (χ1v) is 12.6. The first-order valence-electron chi connectivity index (χ1n) is 12.6. The number of hydrogen-bond donors (Lipinski definition) is 2. The van der Waals surface area contributed by atoms with Crippen molar-refractivity contribution in [2.24, 2.45) is 17.3 Å². The molecule has 186 valence electrons. The fourth-order valence-corrected chi connectivity index (χ4v) is 7.13. The number of benzene rings is 1. The molecule has 6 rings (SSSR count). The van der Waals surface area contributed by atoms with E-state index >= 15 is 0 Å². The molecule has 4 bridgehead atoms. The van der Waals surface area contributed by atoms with Crippen molar-refractivity contribution in [3.8, 4) is 5.75 Å². The number of nitrogens with zero attached hydrogens (tertiary/aromatic N) is 2. The van der Waals surface area contributed by atoms with Crippen LogP contribution >= 0.6 is 0 Å². The van der Waals surface area contributed by atoms with E-state index in [-0.39, 0.29) is 29.3 Å². The number of rotatable bonds is 8. The van der Waals surface area contributed by atoms with Gasteiger partial charge < -0.3 is 15.2 Å². The van der Waals surface area contributed by atoms with Gasteiger partial charge in [0, 0.05) is 23.7 Å². The maximum atomic E-state index is 13.4. The highest BCUT2D eigenvalue weighted by Crippen LogP contribution is 2.63. The second-order valence-corrected chi connectivity index (χ2v) is 12.0. The van der Waals surface area contributed by atoms with Crippen LogP contribution in [0.5, 0.6) is 5.75 Å². The molecule has 0 saturated heterocycles. The zero-order valence-electron chi connectivity index (χ0n) is 20.8. The molecule has 4 fully saturated rings. The Bertz CT molecular complexity index is 1130. The minimum Gasteiger partial charge on any atom is -0.491 e. The van der Waals surface area contributed by atoms with E-state index < -0.39 is 5.60 Å². The van der Waals surface area contributed by atoms with Gasteiger partial charge in [-0.1, -0.05) is 6.07 Å². The number of aryl methyl sites for hydroxylation is 1. The first kappa shape index (κ1) is 23.9. The Morgan fingerprint density at radius 1 is 1.17 bits per heavy atom. The fraction of sp³-hybridized carbons (Fsp3) is 0.571. The maximum Gasteiger partial charge on any atom is 0.251 e. The highest BCUT2D eigenvalue weighted by molar-refractivity contribution is 5.95. The molecule has 1 aromatic carbocycles. The van der Waals surface area contributed by atoms with Gasteiger partial charge in [0.15, 0.2) is 5.78 Å². The molecule has 2 atom stereocenters. The number of nitrogens with one attached hydrogen (secondary N) is 1. The normalized spacial score (nSPS) is 29.1. The van der Waals surface area contributed by atoms with Crippen LogP contribution in [0.25, 0.3) is 0 Å². The topological polar surface area (TPSA) is 101 Å². The fourth-order valence-electron chi connectivity index (χ4n) is 7.13. The first-order chi connectivity index (χ1) is 16.5. The Morgan fingerprint density at radius 3 is 2.60 bits per heavy atom. The number of Topliss-reactive ketones (excluding diaryl/α,β-unsaturated/α-hetero) is 1. The summed E-state index contributed by atoms with van der Waals surface area (Å²) in [5.74, 6) is 1.59. The predicted octanol–water partition coefficient (Wildman–Crippen LogP) is 4.28. The van der Waals surface area contributed by atoms with E-state index in [1.807, 2.05) is 6.92 Å². The zero-order valence-corrected chi connectivity index (χ0v) is 20.8. The van der Waals surface area contributed by atoms with Gasteiger partial charge in [0.25, 0.3) is 5.91 Å². The van der Waals surface area contributed by atoms with Crippen LogP contribution < -0.4 is 10.1 Å². The van der Waals surface area contributed by atoms with E-state index in [4.69, 9.17) is 4.74 Å². The van der Waals surface area contributed by atoms with Crippen LogP contribution in [-0.4, -0.2) is 44.5 Å². The molecule has 0 radical (unpaired) electrons. The third-order valence-electron chi connectivity index (χ3n) is 7.83. The molecule has 0 spiro atoms. The van der Waals surface area contributed by atoms with E-state index in [1.54, 1.807) is 50.5 Å². The number of hydrogen-bond acceptors (Lipinski definition) is 6. The van der Waals surface area contributed by atoms with Gasteiger partial charge in [0.05, 0.1) is 17.5 Å².